The standard InChI is InChI=1S/C21H18N4O5/c1-13-7-8-15(11-14(13)2)23(10-4-9-22)18(26)12-24-20(27)16-5-3-6-17(25(29)30)19(16)21(24)28/h3,5-8,11H,4,10,12H2,1-2H3. The molecular formula is C21H18N4O5. The number of hydrogen-bond donors (Lipinski definition) is 0. The van der Waals surface area contributed by atoms with Gasteiger partial charge in [0, 0.05) is 18.3 Å². The van der Waals surface area contributed by atoms with Crippen molar-refractivity contribution in [2.75, 3.05) is 18.0 Å². The van der Waals surface area contributed by atoms with Crippen molar-refractivity contribution in [3.63, 3.8) is 0 Å². The molecule has 9 nitrogen and oxygen atoms in total. The topological polar surface area (TPSA) is 125 Å². The summed E-state index contributed by atoms with van der Waals surface area (Å²) in [7, 11) is 0. The first-order valence-corrected chi connectivity index (χ1v) is 9.14. The Morgan fingerprint density at radius 2 is 1.90 bits per heavy atom. The van der Waals surface area contributed by atoms with Gasteiger partial charge in [-0.05, 0) is 43.2 Å². The highest BCUT2D eigenvalue weighted by atomic mass is 16.6. The van der Waals surface area contributed by atoms with Crippen molar-refractivity contribution in [3.8, 4) is 6.07 Å². The molecule has 30 heavy (non-hydrogen) atoms. The highest BCUT2D eigenvalue weighted by Crippen LogP contribution is 2.31. The van der Waals surface area contributed by atoms with Gasteiger partial charge >= 0.3 is 0 Å². The maximum absolute atomic E-state index is 13.0. The minimum absolute atomic E-state index is 0.0618. The number of nitro groups is 1. The third-order valence-electron chi connectivity index (χ3n) is 5.02. The molecule has 2 aromatic carbocycles. The van der Waals surface area contributed by atoms with E-state index in [9.17, 15) is 24.5 Å². The molecule has 2 aromatic rings. The lowest BCUT2D eigenvalue weighted by atomic mass is 10.1. The molecule has 0 N–H and O–H groups in total. The number of imide groups is 1. The lowest BCUT2D eigenvalue weighted by Gasteiger charge is -2.25. The van der Waals surface area contributed by atoms with Gasteiger partial charge in [0.2, 0.25) is 5.91 Å². The molecule has 1 aliphatic heterocycles. The van der Waals surface area contributed by atoms with Gasteiger partial charge in [-0.15, -0.1) is 0 Å². The third kappa shape index (κ3) is 3.63. The Hall–Kier alpha value is -4.06. The summed E-state index contributed by atoms with van der Waals surface area (Å²) in [6, 6.07) is 11.1. The van der Waals surface area contributed by atoms with Crippen LogP contribution in [0.4, 0.5) is 11.4 Å². The van der Waals surface area contributed by atoms with E-state index in [4.69, 9.17) is 5.26 Å². The van der Waals surface area contributed by atoms with Crippen LogP contribution in [-0.2, 0) is 4.79 Å². The van der Waals surface area contributed by atoms with E-state index in [1.165, 1.54) is 17.0 Å². The summed E-state index contributed by atoms with van der Waals surface area (Å²) in [5, 5.41) is 20.2. The zero-order chi connectivity index (χ0) is 22.0. The van der Waals surface area contributed by atoms with Crippen molar-refractivity contribution >= 4 is 29.1 Å². The van der Waals surface area contributed by atoms with Crippen LogP contribution >= 0.6 is 0 Å². The molecule has 152 valence electrons. The zero-order valence-corrected chi connectivity index (χ0v) is 16.4. The van der Waals surface area contributed by atoms with Crippen molar-refractivity contribution < 1.29 is 19.3 Å². The first kappa shape index (κ1) is 20.7. The summed E-state index contributed by atoms with van der Waals surface area (Å²) in [4.78, 5) is 50.9. The summed E-state index contributed by atoms with van der Waals surface area (Å²) < 4.78 is 0. The van der Waals surface area contributed by atoms with Gasteiger partial charge in [-0.25, -0.2) is 0 Å². The summed E-state index contributed by atoms with van der Waals surface area (Å²) >= 11 is 0. The van der Waals surface area contributed by atoms with Crippen LogP contribution in [0.25, 0.3) is 0 Å². The monoisotopic (exact) mass is 406 g/mol. The van der Waals surface area contributed by atoms with Gasteiger partial charge in [-0.3, -0.25) is 29.4 Å². The van der Waals surface area contributed by atoms with E-state index >= 15 is 0 Å². The van der Waals surface area contributed by atoms with Gasteiger partial charge in [0.05, 0.1) is 23.0 Å². The zero-order valence-electron chi connectivity index (χ0n) is 16.4. The van der Waals surface area contributed by atoms with E-state index in [2.05, 4.69) is 0 Å². The van der Waals surface area contributed by atoms with Gasteiger partial charge in [-0.1, -0.05) is 12.1 Å². The molecule has 9 heteroatoms. The first-order chi connectivity index (χ1) is 14.3. The first-order valence-electron chi connectivity index (χ1n) is 9.14. The van der Waals surface area contributed by atoms with Crippen LogP contribution in [-0.4, -0.2) is 40.6 Å². The molecular weight excluding hydrogens is 388 g/mol. The molecule has 3 amide bonds. The normalized spacial score (nSPS) is 12.5. The second-order valence-corrected chi connectivity index (χ2v) is 6.88. The van der Waals surface area contributed by atoms with E-state index in [0.29, 0.717) is 10.6 Å². The SMILES string of the molecule is Cc1ccc(N(CCC#N)C(=O)CN2C(=O)c3cccc([N+](=O)[O-])c3C2=O)cc1C. The number of nitrogens with zero attached hydrogens (tertiary/aromatic N) is 4. The Labute approximate surface area is 172 Å². The van der Waals surface area contributed by atoms with Crippen LogP contribution in [0.5, 0.6) is 0 Å². The number of rotatable bonds is 6. The smallest absolute Gasteiger partial charge is 0.282 e. The van der Waals surface area contributed by atoms with E-state index in [-0.39, 0.29) is 24.1 Å². The van der Waals surface area contributed by atoms with Crippen molar-refractivity contribution in [2.24, 2.45) is 0 Å². The largest absolute Gasteiger partial charge is 0.310 e. The van der Waals surface area contributed by atoms with Crippen molar-refractivity contribution in [1.82, 2.24) is 4.90 Å². The van der Waals surface area contributed by atoms with E-state index in [0.717, 1.165) is 17.2 Å². The predicted molar refractivity (Wildman–Crippen MR) is 107 cm³/mol. The molecule has 1 heterocycles. The Balaban J connectivity index is 1.91. The molecule has 0 saturated heterocycles. The van der Waals surface area contributed by atoms with Crippen LogP contribution in [0.2, 0.25) is 0 Å². The second-order valence-electron chi connectivity index (χ2n) is 6.88. The Bertz CT molecular complexity index is 1120. The van der Waals surface area contributed by atoms with Gasteiger partial charge in [-0.2, -0.15) is 5.26 Å². The number of anilines is 1. The highest BCUT2D eigenvalue weighted by molar-refractivity contribution is 6.24. The van der Waals surface area contributed by atoms with Crippen molar-refractivity contribution in [3.05, 3.63) is 68.8 Å². The number of benzene rings is 2. The molecule has 0 fully saturated rings. The second kappa shape index (κ2) is 8.13. The number of amides is 3. The van der Waals surface area contributed by atoms with Crippen molar-refractivity contribution in [1.29, 1.82) is 5.26 Å². The summed E-state index contributed by atoms with van der Waals surface area (Å²) in [5.41, 5.74) is 1.63. The molecule has 0 spiro atoms. The van der Waals surface area contributed by atoms with Crippen molar-refractivity contribution in [2.45, 2.75) is 20.3 Å². The molecule has 1 aliphatic rings. The van der Waals surface area contributed by atoms with Crippen LogP contribution < -0.4 is 4.90 Å². The molecule has 0 radical (unpaired) electrons. The number of carbonyl (C=O) groups excluding carboxylic acids is 3. The number of nitro benzene ring substituents is 1. The number of hydrogen-bond acceptors (Lipinski definition) is 6. The van der Waals surface area contributed by atoms with E-state index in [1.54, 1.807) is 12.1 Å². The quantitative estimate of drug-likeness (QED) is 0.413. The highest BCUT2D eigenvalue weighted by Gasteiger charge is 2.42. The van der Waals surface area contributed by atoms with Gasteiger partial charge < -0.3 is 4.90 Å². The Morgan fingerprint density at radius 3 is 2.53 bits per heavy atom. The fourth-order valence-electron chi connectivity index (χ4n) is 3.29. The third-order valence-corrected chi connectivity index (χ3v) is 5.02. The van der Waals surface area contributed by atoms with Crippen LogP contribution in [0, 0.1) is 35.3 Å². The molecule has 0 bridgehead atoms. The lowest BCUT2D eigenvalue weighted by Crippen LogP contribution is -2.43. The van der Waals surface area contributed by atoms with Gasteiger partial charge in [0.15, 0.2) is 0 Å². The maximum Gasteiger partial charge on any atom is 0.282 e. The predicted octanol–water partition coefficient (Wildman–Crippen LogP) is 2.75. The minimum atomic E-state index is -0.879. The van der Waals surface area contributed by atoms with Gasteiger partial charge in [0.25, 0.3) is 17.5 Å². The summed E-state index contributed by atoms with van der Waals surface area (Å²) in [6.45, 7) is 3.31. The number of fused-ring (bicyclic) bond motifs is 1. The molecule has 0 saturated carbocycles. The van der Waals surface area contributed by atoms with Crippen LogP contribution in [0.15, 0.2) is 36.4 Å². The average Bonchev–Trinajstić information content (AvgIpc) is 2.95. The summed E-state index contributed by atoms with van der Waals surface area (Å²) in [6.07, 6.45) is 0.0618. The minimum Gasteiger partial charge on any atom is -0.310 e. The maximum atomic E-state index is 13.0. The molecule has 0 aliphatic carbocycles. The molecule has 0 aromatic heterocycles. The molecule has 3 rings (SSSR count). The average molecular weight is 406 g/mol. The Morgan fingerprint density at radius 1 is 1.17 bits per heavy atom. The fourth-order valence-corrected chi connectivity index (χ4v) is 3.29. The molecule has 0 unspecified atom stereocenters. The molecule has 0 atom stereocenters. The number of nitriles is 1. The Kier molecular flexibility index (Phi) is 5.60. The lowest BCUT2D eigenvalue weighted by molar-refractivity contribution is -0.385. The number of aryl methyl sites for hydroxylation is 2. The fraction of sp³-hybridized carbons (Fsp3) is 0.238. The van der Waals surface area contributed by atoms with Crippen LogP contribution in [0.3, 0.4) is 0 Å². The van der Waals surface area contributed by atoms with Gasteiger partial charge in [0.1, 0.15) is 12.1 Å². The summed E-state index contributed by atoms with van der Waals surface area (Å²) in [5.74, 6) is -2.20. The van der Waals surface area contributed by atoms with E-state index < -0.39 is 34.9 Å². The van der Waals surface area contributed by atoms with Crippen LogP contribution in [0.1, 0.15) is 38.3 Å². The van der Waals surface area contributed by atoms with E-state index in [1.807, 2.05) is 26.0 Å². The number of carbonyl (C=O) groups is 3.